The largest absolute Gasteiger partial charge is 0.396 e. The fraction of sp³-hybridized carbons (Fsp3) is 1.00. The highest BCUT2D eigenvalue weighted by atomic mass is 16.7. The Labute approximate surface area is 157 Å². The average molecular weight is 369 g/mol. The molecule has 26 heavy (non-hydrogen) atoms. The molecular weight excluding hydrogens is 332 g/mol. The molecule has 5 nitrogen and oxygen atoms in total. The van der Waals surface area contributed by atoms with Gasteiger partial charge in [-0.15, -0.1) is 0 Å². The van der Waals surface area contributed by atoms with Gasteiger partial charge in [-0.2, -0.15) is 0 Å². The molecule has 0 aromatic heterocycles. The van der Waals surface area contributed by atoms with Crippen molar-refractivity contribution in [3.8, 4) is 0 Å². The second-order valence-electron chi connectivity index (χ2n) is 9.78. The molecule has 0 aromatic rings. The molecule has 1 saturated heterocycles. The van der Waals surface area contributed by atoms with Crippen LogP contribution in [0.5, 0.6) is 0 Å². The van der Waals surface area contributed by atoms with E-state index in [1.807, 2.05) is 0 Å². The summed E-state index contributed by atoms with van der Waals surface area (Å²) in [4.78, 5) is 0. The van der Waals surface area contributed by atoms with Crippen molar-refractivity contribution in [1.29, 1.82) is 0 Å². The van der Waals surface area contributed by atoms with Crippen LogP contribution >= 0.6 is 0 Å². The number of fused-ring (bicyclic) bond motifs is 2. The molecule has 1 heterocycles. The maximum absolute atomic E-state index is 10.9. The summed E-state index contributed by atoms with van der Waals surface area (Å²) in [6.45, 7) is 6.11. The van der Waals surface area contributed by atoms with Gasteiger partial charge < -0.3 is 24.8 Å². The molecule has 4 fully saturated rings. The maximum Gasteiger partial charge on any atom is 0.174 e. The Morgan fingerprint density at radius 1 is 0.923 bits per heavy atom. The van der Waals surface area contributed by atoms with E-state index < -0.39 is 11.9 Å². The van der Waals surface area contributed by atoms with Gasteiger partial charge in [-0.05, 0) is 68.1 Å². The molecule has 2 unspecified atom stereocenters. The first kappa shape index (κ1) is 19.1. The minimum absolute atomic E-state index is 0.00463. The van der Waals surface area contributed by atoms with Crippen LogP contribution in [0.25, 0.3) is 0 Å². The van der Waals surface area contributed by atoms with E-state index >= 15 is 0 Å². The van der Waals surface area contributed by atoms with E-state index in [1.165, 1.54) is 0 Å². The van der Waals surface area contributed by atoms with Crippen LogP contribution in [0, 0.1) is 28.6 Å². The molecule has 1 spiro atoms. The van der Waals surface area contributed by atoms with E-state index in [0.717, 1.165) is 44.9 Å². The molecule has 0 amide bonds. The highest BCUT2D eigenvalue weighted by molar-refractivity contribution is 5.11. The van der Waals surface area contributed by atoms with E-state index in [0.29, 0.717) is 37.4 Å². The van der Waals surface area contributed by atoms with Crippen molar-refractivity contribution in [2.45, 2.75) is 83.2 Å². The van der Waals surface area contributed by atoms with Crippen LogP contribution in [0.4, 0.5) is 0 Å². The number of aliphatic hydroxyl groups excluding tert-OH is 3. The third-order valence-corrected chi connectivity index (χ3v) is 8.82. The maximum atomic E-state index is 10.9. The fourth-order valence-corrected chi connectivity index (χ4v) is 7.26. The van der Waals surface area contributed by atoms with Gasteiger partial charge in [0.1, 0.15) is 0 Å². The Bertz CT molecular complexity index is 519. The zero-order valence-corrected chi connectivity index (χ0v) is 16.3. The van der Waals surface area contributed by atoms with Gasteiger partial charge in [-0.1, -0.05) is 13.8 Å². The first-order valence-electron chi connectivity index (χ1n) is 10.6. The standard InChI is InChI=1S/C21H36O5/c1-19(7-3-14(23)13-18(19)24)16-4-8-20(2)17(15(16)6-10-22)5-9-21(20)25-11-12-26-21/h14-18,22-24H,3-13H2,1-2H3/t14-,15+,16?,17?,18-,19+,20-/m0/s1. The van der Waals surface area contributed by atoms with Gasteiger partial charge in [0.25, 0.3) is 0 Å². The zero-order chi connectivity index (χ0) is 18.6. The summed E-state index contributed by atoms with van der Waals surface area (Å²) in [5.74, 6) is 0.786. The number of hydrogen-bond acceptors (Lipinski definition) is 5. The quantitative estimate of drug-likeness (QED) is 0.713. The Kier molecular flexibility index (Phi) is 4.93. The van der Waals surface area contributed by atoms with Gasteiger partial charge in [-0.3, -0.25) is 0 Å². The molecule has 4 rings (SSSR count). The average Bonchev–Trinajstić information content (AvgIpc) is 3.19. The molecular formula is C21H36O5. The Morgan fingerprint density at radius 2 is 1.62 bits per heavy atom. The second kappa shape index (κ2) is 6.70. The summed E-state index contributed by atoms with van der Waals surface area (Å²) < 4.78 is 12.3. The van der Waals surface area contributed by atoms with Crippen molar-refractivity contribution >= 4 is 0 Å². The first-order chi connectivity index (χ1) is 12.4. The summed E-state index contributed by atoms with van der Waals surface area (Å²) >= 11 is 0. The molecule has 5 heteroatoms. The summed E-state index contributed by atoms with van der Waals surface area (Å²) in [5.41, 5.74) is -0.178. The summed E-state index contributed by atoms with van der Waals surface area (Å²) in [5, 5.41) is 30.7. The van der Waals surface area contributed by atoms with Crippen molar-refractivity contribution < 1.29 is 24.8 Å². The molecule has 0 bridgehead atoms. The smallest absolute Gasteiger partial charge is 0.174 e. The van der Waals surface area contributed by atoms with E-state index in [2.05, 4.69) is 13.8 Å². The van der Waals surface area contributed by atoms with E-state index in [-0.39, 0.29) is 23.5 Å². The summed E-state index contributed by atoms with van der Waals surface area (Å²) in [7, 11) is 0. The van der Waals surface area contributed by atoms with Gasteiger partial charge in [0, 0.05) is 18.4 Å². The SMILES string of the molecule is C[C@]12CCC([C@@]3(C)CC[C@H](O)C[C@@H]3O)[C@@H](CCO)C1CCC21OCCO1. The minimum atomic E-state index is -0.462. The number of hydrogen-bond donors (Lipinski definition) is 3. The first-order valence-corrected chi connectivity index (χ1v) is 10.6. The Hall–Kier alpha value is -0.200. The normalized spacial score (nSPS) is 50.9. The van der Waals surface area contributed by atoms with E-state index in [4.69, 9.17) is 9.47 Å². The van der Waals surface area contributed by atoms with Crippen molar-refractivity contribution in [3.05, 3.63) is 0 Å². The molecule has 4 aliphatic rings. The molecule has 1 aliphatic heterocycles. The highest BCUT2D eigenvalue weighted by Gasteiger charge is 2.66. The van der Waals surface area contributed by atoms with Gasteiger partial charge in [-0.25, -0.2) is 0 Å². The second-order valence-corrected chi connectivity index (χ2v) is 9.78. The lowest BCUT2D eigenvalue weighted by atomic mass is 9.50. The lowest BCUT2D eigenvalue weighted by molar-refractivity contribution is -0.245. The molecule has 3 N–H and O–H groups in total. The molecule has 3 aliphatic carbocycles. The van der Waals surface area contributed by atoms with Crippen molar-refractivity contribution in [1.82, 2.24) is 0 Å². The van der Waals surface area contributed by atoms with E-state index in [1.54, 1.807) is 0 Å². The van der Waals surface area contributed by atoms with Gasteiger partial charge in [0.05, 0.1) is 25.4 Å². The third kappa shape index (κ3) is 2.61. The monoisotopic (exact) mass is 368 g/mol. The molecule has 7 atom stereocenters. The number of ether oxygens (including phenoxy) is 2. The highest BCUT2D eigenvalue weighted by Crippen LogP contribution is 2.66. The lowest BCUT2D eigenvalue weighted by Crippen LogP contribution is -2.56. The van der Waals surface area contributed by atoms with Gasteiger partial charge >= 0.3 is 0 Å². The van der Waals surface area contributed by atoms with Crippen LogP contribution in [-0.2, 0) is 9.47 Å². The lowest BCUT2D eigenvalue weighted by Gasteiger charge is -2.57. The van der Waals surface area contributed by atoms with Crippen LogP contribution in [0.1, 0.15) is 65.2 Å². The van der Waals surface area contributed by atoms with Crippen LogP contribution in [-0.4, -0.2) is 53.1 Å². The molecule has 0 aromatic carbocycles. The topological polar surface area (TPSA) is 79.2 Å². The third-order valence-electron chi connectivity index (χ3n) is 8.82. The predicted octanol–water partition coefficient (Wildman–Crippen LogP) is 2.47. The van der Waals surface area contributed by atoms with Crippen LogP contribution < -0.4 is 0 Å². The molecule has 0 radical (unpaired) electrons. The van der Waals surface area contributed by atoms with Crippen LogP contribution in [0.2, 0.25) is 0 Å². The number of rotatable bonds is 3. The summed E-state index contributed by atoms with van der Waals surface area (Å²) in [6, 6.07) is 0. The van der Waals surface area contributed by atoms with Crippen LogP contribution in [0.15, 0.2) is 0 Å². The predicted molar refractivity (Wildman–Crippen MR) is 97.4 cm³/mol. The summed E-state index contributed by atoms with van der Waals surface area (Å²) in [6.07, 6.45) is 6.17. The fourth-order valence-electron chi connectivity index (χ4n) is 7.26. The number of aliphatic hydroxyl groups is 3. The van der Waals surface area contributed by atoms with Crippen LogP contribution in [0.3, 0.4) is 0 Å². The van der Waals surface area contributed by atoms with Crippen molar-refractivity contribution in [2.75, 3.05) is 19.8 Å². The molecule has 3 saturated carbocycles. The Balaban J connectivity index is 1.63. The van der Waals surface area contributed by atoms with E-state index in [9.17, 15) is 15.3 Å². The van der Waals surface area contributed by atoms with Gasteiger partial charge in [0.2, 0.25) is 0 Å². The minimum Gasteiger partial charge on any atom is -0.396 e. The van der Waals surface area contributed by atoms with Crippen molar-refractivity contribution in [3.63, 3.8) is 0 Å². The zero-order valence-electron chi connectivity index (χ0n) is 16.3. The van der Waals surface area contributed by atoms with Gasteiger partial charge in [0.15, 0.2) is 5.79 Å². The molecule has 150 valence electrons. The van der Waals surface area contributed by atoms with Crippen molar-refractivity contribution in [2.24, 2.45) is 28.6 Å². The Morgan fingerprint density at radius 3 is 2.27 bits per heavy atom.